The lowest BCUT2D eigenvalue weighted by molar-refractivity contribution is -0.114. The largest absolute Gasteiger partial charge is 0.394 e. The zero-order valence-corrected chi connectivity index (χ0v) is 10.2. The first-order valence-electron chi connectivity index (χ1n) is 6.16. The number of primary amides is 1. The molecule has 2 fully saturated rings. The van der Waals surface area contributed by atoms with Gasteiger partial charge in [-0.15, -0.1) is 0 Å². The van der Waals surface area contributed by atoms with Crippen LogP contribution in [-0.4, -0.2) is 36.1 Å². The summed E-state index contributed by atoms with van der Waals surface area (Å²) in [4.78, 5) is 27.9. The molecular weight excluding hydrogens is 232 g/mol. The van der Waals surface area contributed by atoms with Crippen molar-refractivity contribution in [2.45, 2.75) is 19.3 Å². The predicted octanol–water partition coefficient (Wildman–Crippen LogP) is 0.237. The minimum atomic E-state index is -0.718. The Bertz CT molecular complexity index is 404. The summed E-state index contributed by atoms with van der Waals surface area (Å²) in [5.74, 6) is 0.579. The molecule has 6 nitrogen and oxygen atoms in total. The maximum Gasteiger partial charge on any atom is 0.343 e. The third kappa shape index (κ3) is 2.69. The molecule has 2 rings (SSSR count). The molecule has 1 aliphatic heterocycles. The number of amides is 3. The average molecular weight is 250 g/mol. The van der Waals surface area contributed by atoms with E-state index in [-0.39, 0.29) is 11.7 Å². The number of allylic oxidation sites excluding steroid dienone is 1. The maximum absolute atomic E-state index is 11.8. The molecule has 0 spiro atoms. The summed E-state index contributed by atoms with van der Waals surface area (Å²) < 4.78 is 0. The SMILES string of the molecule is NC(=O)C(N)=CC=NC(=O)N1C[C@H]2CCC[C@H]2C1. The Morgan fingerprint density at radius 3 is 2.33 bits per heavy atom. The molecule has 0 aromatic rings. The fourth-order valence-corrected chi connectivity index (χ4v) is 2.74. The summed E-state index contributed by atoms with van der Waals surface area (Å²) in [6.45, 7) is 1.60. The van der Waals surface area contributed by atoms with Crippen molar-refractivity contribution in [3.8, 4) is 0 Å². The van der Waals surface area contributed by atoms with E-state index in [1.54, 1.807) is 4.90 Å². The number of hydrogen-bond acceptors (Lipinski definition) is 3. The smallest absolute Gasteiger partial charge is 0.343 e. The third-order valence-corrected chi connectivity index (χ3v) is 3.72. The molecule has 1 heterocycles. The Kier molecular flexibility index (Phi) is 3.64. The second-order valence-electron chi connectivity index (χ2n) is 4.90. The van der Waals surface area contributed by atoms with Gasteiger partial charge >= 0.3 is 6.03 Å². The van der Waals surface area contributed by atoms with Crippen LogP contribution in [0.1, 0.15) is 19.3 Å². The summed E-state index contributed by atoms with van der Waals surface area (Å²) in [6.07, 6.45) is 6.19. The van der Waals surface area contributed by atoms with Gasteiger partial charge in [-0.25, -0.2) is 9.79 Å². The molecule has 2 atom stereocenters. The van der Waals surface area contributed by atoms with Gasteiger partial charge in [0.25, 0.3) is 5.91 Å². The van der Waals surface area contributed by atoms with Gasteiger partial charge in [-0.3, -0.25) is 4.79 Å². The molecule has 1 saturated heterocycles. The normalized spacial score (nSPS) is 27.8. The van der Waals surface area contributed by atoms with Crippen molar-refractivity contribution in [1.29, 1.82) is 0 Å². The maximum atomic E-state index is 11.8. The Labute approximate surface area is 106 Å². The molecule has 18 heavy (non-hydrogen) atoms. The molecule has 1 aliphatic carbocycles. The molecular formula is C12H18N4O2. The highest BCUT2D eigenvalue weighted by atomic mass is 16.2. The van der Waals surface area contributed by atoms with Crippen molar-refractivity contribution in [1.82, 2.24) is 4.90 Å². The molecule has 3 amide bonds. The van der Waals surface area contributed by atoms with Gasteiger partial charge < -0.3 is 16.4 Å². The van der Waals surface area contributed by atoms with Crippen LogP contribution in [0.15, 0.2) is 16.8 Å². The third-order valence-electron chi connectivity index (χ3n) is 3.72. The van der Waals surface area contributed by atoms with Crippen molar-refractivity contribution in [3.05, 3.63) is 11.8 Å². The number of aliphatic imine (C=N–C) groups is 1. The van der Waals surface area contributed by atoms with Gasteiger partial charge in [0.05, 0.1) is 5.70 Å². The molecule has 0 unspecified atom stereocenters. The lowest BCUT2D eigenvalue weighted by atomic mass is 10.0. The highest BCUT2D eigenvalue weighted by Gasteiger charge is 2.37. The summed E-state index contributed by atoms with van der Waals surface area (Å²) >= 11 is 0. The topological polar surface area (TPSA) is 102 Å². The van der Waals surface area contributed by atoms with Gasteiger partial charge in [0.2, 0.25) is 0 Å². The minimum absolute atomic E-state index is 0.107. The molecule has 0 aromatic carbocycles. The summed E-state index contributed by atoms with van der Waals surface area (Å²) in [7, 11) is 0. The van der Waals surface area contributed by atoms with Crippen molar-refractivity contribution >= 4 is 18.2 Å². The highest BCUT2D eigenvalue weighted by molar-refractivity contribution is 5.97. The first-order chi connectivity index (χ1) is 8.58. The van der Waals surface area contributed by atoms with Crippen LogP contribution in [0.25, 0.3) is 0 Å². The summed E-state index contributed by atoms with van der Waals surface area (Å²) in [5, 5.41) is 0. The van der Waals surface area contributed by atoms with E-state index in [9.17, 15) is 9.59 Å². The van der Waals surface area contributed by atoms with Crippen LogP contribution in [-0.2, 0) is 4.79 Å². The van der Waals surface area contributed by atoms with E-state index >= 15 is 0 Å². The first kappa shape index (κ1) is 12.6. The predicted molar refractivity (Wildman–Crippen MR) is 67.8 cm³/mol. The van der Waals surface area contributed by atoms with Crippen LogP contribution in [0.4, 0.5) is 4.79 Å². The molecule has 0 aromatic heterocycles. The van der Waals surface area contributed by atoms with Crippen molar-refractivity contribution < 1.29 is 9.59 Å². The molecule has 98 valence electrons. The first-order valence-corrected chi connectivity index (χ1v) is 6.16. The van der Waals surface area contributed by atoms with E-state index in [1.807, 2.05) is 0 Å². The second kappa shape index (κ2) is 5.20. The second-order valence-corrected chi connectivity index (χ2v) is 4.90. The highest BCUT2D eigenvalue weighted by Crippen LogP contribution is 2.37. The van der Waals surface area contributed by atoms with Gasteiger partial charge in [0.1, 0.15) is 0 Å². The van der Waals surface area contributed by atoms with E-state index in [4.69, 9.17) is 11.5 Å². The number of nitrogens with zero attached hydrogens (tertiary/aromatic N) is 2. The minimum Gasteiger partial charge on any atom is -0.394 e. The van der Waals surface area contributed by atoms with Gasteiger partial charge in [0.15, 0.2) is 0 Å². The van der Waals surface area contributed by atoms with Crippen molar-refractivity contribution in [3.63, 3.8) is 0 Å². The van der Waals surface area contributed by atoms with Crippen molar-refractivity contribution in [2.24, 2.45) is 28.3 Å². The average Bonchev–Trinajstić information content (AvgIpc) is 2.88. The number of likely N-dealkylation sites (tertiary alicyclic amines) is 1. The Hall–Kier alpha value is -1.85. The monoisotopic (exact) mass is 250 g/mol. The summed E-state index contributed by atoms with van der Waals surface area (Å²) in [6, 6.07) is -0.266. The van der Waals surface area contributed by atoms with Gasteiger partial charge in [0, 0.05) is 19.3 Å². The lowest BCUT2D eigenvalue weighted by Crippen LogP contribution is -2.26. The Morgan fingerprint density at radius 2 is 1.78 bits per heavy atom. The van der Waals surface area contributed by atoms with Crippen molar-refractivity contribution in [2.75, 3.05) is 13.1 Å². The van der Waals surface area contributed by atoms with Gasteiger partial charge in [-0.2, -0.15) is 0 Å². The quantitative estimate of drug-likeness (QED) is 0.542. The van der Waals surface area contributed by atoms with Crippen LogP contribution in [0, 0.1) is 11.8 Å². The van der Waals surface area contributed by atoms with E-state index in [2.05, 4.69) is 4.99 Å². The van der Waals surface area contributed by atoms with Crippen LogP contribution in [0.5, 0.6) is 0 Å². The fraction of sp³-hybridized carbons (Fsp3) is 0.583. The van der Waals surface area contributed by atoms with Crippen LogP contribution >= 0.6 is 0 Å². The molecule has 4 N–H and O–H groups in total. The zero-order valence-electron chi connectivity index (χ0n) is 10.2. The number of hydrogen-bond donors (Lipinski definition) is 2. The zero-order chi connectivity index (χ0) is 13.1. The van der Waals surface area contributed by atoms with E-state index in [1.165, 1.54) is 31.6 Å². The van der Waals surface area contributed by atoms with E-state index in [0.29, 0.717) is 11.8 Å². The molecule has 1 saturated carbocycles. The Morgan fingerprint density at radius 1 is 1.17 bits per heavy atom. The number of nitrogens with two attached hydrogens (primary N) is 2. The summed E-state index contributed by atoms with van der Waals surface area (Å²) in [5.41, 5.74) is 10.1. The van der Waals surface area contributed by atoms with E-state index in [0.717, 1.165) is 13.1 Å². The van der Waals surface area contributed by atoms with Crippen LogP contribution in [0.2, 0.25) is 0 Å². The Balaban J connectivity index is 1.88. The van der Waals surface area contributed by atoms with Gasteiger partial charge in [-0.1, -0.05) is 6.42 Å². The molecule has 6 heteroatoms. The lowest BCUT2D eigenvalue weighted by Gasteiger charge is -2.13. The molecule has 0 bridgehead atoms. The van der Waals surface area contributed by atoms with E-state index < -0.39 is 5.91 Å². The van der Waals surface area contributed by atoms with Crippen LogP contribution < -0.4 is 11.5 Å². The van der Waals surface area contributed by atoms with Gasteiger partial charge in [-0.05, 0) is 30.8 Å². The molecule has 0 radical (unpaired) electrons. The molecule has 2 aliphatic rings. The standard InChI is InChI=1S/C12H18N4O2/c13-10(11(14)17)4-5-15-12(18)16-6-8-2-1-3-9(8)7-16/h4-5,8-9H,1-3,6-7,13H2,(H2,14,17)/t8-,9+. The number of carbonyl (C=O) groups excluding carboxylic acids is 2. The number of urea groups is 1. The number of rotatable bonds is 2. The fourth-order valence-electron chi connectivity index (χ4n) is 2.74. The van der Waals surface area contributed by atoms with Crippen LogP contribution in [0.3, 0.4) is 0 Å². The number of carbonyl (C=O) groups is 2. The number of fused-ring (bicyclic) bond motifs is 1.